The van der Waals surface area contributed by atoms with Gasteiger partial charge in [0.2, 0.25) is 27.2 Å². The SMILES string of the molecule is CCOC(=O)C1(COc2cc3c(cc2C(F)(F)F)N(C2CCC(F)(F)CC2)C[C@@H](CCC(C)(F)F)[C@@H](F)S3(=O)=O)CC1. The first-order valence-corrected chi connectivity index (χ1v) is 15.3. The van der Waals surface area contributed by atoms with Gasteiger partial charge in [-0.25, -0.2) is 30.4 Å². The summed E-state index contributed by atoms with van der Waals surface area (Å²) < 4.78 is 151. The number of sulfone groups is 1. The van der Waals surface area contributed by atoms with Crippen LogP contribution in [0.3, 0.4) is 0 Å². The quantitative estimate of drug-likeness (QED) is 0.216. The Balaban J connectivity index is 1.80. The number of esters is 1. The molecule has 238 valence electrons. The van der Waals surface area contributed by atoms with Gasteiger partial charge in [0.25, 0.3) is 0 Å². The Bertz CT molecular complexity index is 1270. The van der Waals surface area contributed by atoms with Crippen molar-refractivity contribution in [1.29, 1.82) is 0 Å². The van der Waals surface area contributed by atoms with Crippen LogP contribution in [0.4, 0.5) is 40.8 Å². The average molecular weight is 636 g/mol. The standard InChI is InChI=1S/C27H33F8NO5S/c1-3-40-23(37)25(10-11-25)15-41-20-13-21-19(12-18(20)27(33,34)35)36(17-5-8-26(31,32)9-6-17)14-16(4-7-24(2,29)30)22(28)42(21,38)39/h12-13,16-17,22H,3-11,14-15H2,1-2H3/t16-,22+/m1/s1. The fourth-order valence-corrected chi connectivity index (χ4v) is 7.26. The maximum absolute atomic E-state index is 15.7. The highest BCUT2D eigenvalue weighted by Crippen LogP contribution is 2.50. The van der Waals surface area contributed by atoms with E-state index in [9.17, 15) is 43.9 Å². The van der Waals surface area contributed by atoms with E-state index in [1.165, 1.54) is 0 Å². The monoisotopic (exact) mass is 635 g/mol. The van der Waals surface area contributed by atoms with Gasteiger partial charge in [-0.2, -0.15) is 13.2 Å². The number of hydrogen-bond donors (Lipinski definition) is 0. The van der Waals surface area contributed by atoms with Crippen molar-refractivity contribution in [3.05, 3.63) is 17.7 Å². The molecule has 3 aliphatic rings. The summed E-state index contributed by atoms with van der Waals surface area (Å²) in [4.78, 5) is 12.6. The van der Waals surface area contributed by atoms with E-state index in [-0.39, 0.29) is 32.3 Å². The van der Waals surface area contributed by atoms with Crippen LogP contribution in [-0.4, -0.2) is 57.5 Å². The molecular weight excluding hydrogens is 602 g/mol. The van der Waals surface area contributed by atoms with Crippen LogP contribution in [-0.2, 0) is 25.5 Å². The highest BCUT2D eigenvalue weighted by molar-refractivity contribution is 7.92. The molecule has 2 atom stereocenters. The van der Waals surface area contributed by atoms with Crippen molar-refractivity contribution in [2.24, 2.45) is 11.3 Å². The van der Waals surface area contributed by atoms with Gasteiger partial charge in [-0.3, -0.25) is 4.79 Å². The summed E-state index contributed by atoms with van der Waals surface area (Å²) in [6, 6.07) is 0.144. The second-order valence-corrected chi connectivity index (χ2v) is 13.6. The largest absolute Gasteiger partial charge is 0.492 e. The first-order chi connectivity index (χ1) is 19.3. The fourth-order valence-electron chi connectivity index (χ4n) is 5.55. The lowest BCUT2D eigenvalue weighted by Gasteiger charge is -2.39. The third-order valence-electron chi connectivity index (χ3n) is 8.23. The minimum atomic E-state index is -5.09. The third-order valence-corrected chi connectivity index (χ3v) is 10.1. The lowest BCUT2D eigenvalue weighted by Crippen LogP contribution is -2.44. The minimum absolute atomic E-state index is 0.0252. The molecule has 4 rings (SSSR count). The number of benzene rings is 1. The first kappa shape index (κ1) is 32.6. The van der Waals surface area contributed by atoms with Gasteiger partial charge < -0.3 is 14.4 Å². The molecule has 0 N–H and O–H groups in total. The van der Waals surface area contributed by atoms with Crippen LogP contribution in [0.5, 0.6) is 5.75 Å². The lowest BCUT2D eigenvalue weighted by molar-refractivity contribution is -0.151. The molecule has 1 aliphatic heterocycles. The molecule has 6 nitrogen and oxygen atoms in total. The van der Waals surface area contributed by atoms with Crippen molar-refractivity contribution in [2.45, 2.75) is 99.7 Å². The molecule has 15 heteroatoms. The number of anilines is 1. The van der Waals surface area contributed by atoms with Gasteiger partial charge in [0.05, 0.1) is 22.8 Å². The molecule has 0 spiro atoms. The highest BCUT2D eigenvalue weighted by atomic mass is 32.2. The Labute approximate surface area is 238 Å². The molecule has 1 heterocycles. The Morgan fingerprint density at radius 3 is 2.21 bits per heavy atom. The predicted molar refractivity (Wildman–Crippen MR) is 135 cm³/mol. The molecule has 0 unspecified atom stereocenters. The van der Waals surface area contributed by atoms with Gasteiger partial charge in [-0.1, -0.05) is 0 Å². The van der Waals surface area contributed by atoms with Crippen molar-refractivity contribution in [1.82, 2.24) is 0 Å². The summed E-state index contributed by atoms with van der Waals surface area (Å²) in [6.45, 7) is 1.03. The van der Waals surface area contributed by atoms with Crippen LogP contribution in [0.2, 0.25) is 0 Å². The lowest BCUT2D eigenvalue weighted by atomic mass is 9.89. The van der Waals surface area contributed by atoms with Crippen LogP contribution >= 0.6 is 0 Å². The molecule has 2 fully saturated rings. The van der Waals surface area contributed by atoms with Crippen LogP contribution in [0, 0.1) is 11.3 Å². The molecule has 0 bridgehead atoms. The maximum atomic E-state index is 15.7. The Morgan fingerprint density at radius 1 is 1.07 bits per heavy atom. The van der Waals surface area contributed by atoms with Gasteiger partial charge in [0.15, 0.2) is 0 Å². The van der Waals surface area contributed by atoms with Crippen molar-refractivity contribution in [3.63, 3.8) is 0 Å². The molecule has 2 aliphatic carbocycles. The number of alkyl halides is 8. The normalized spacial score (nSPS) is 25.3. The van der Waals surface area contributed by atoms with E-state index in [1.54, 1.807) is 6.92 Å². The zero-order valence-corrected chi connectivity index (χ0v) is 23.9. The number of fused-ring (bicyclic) bond motifs is 1. The summed E-state index contributed by atoms with van der Waals surface area (Å²) in [5.41, 5.74) is -5.92. The van der Waals surface area contributed by atoms with E-state index in [1.807, 2.05) is 0 Å². The summed E-state index contributed by atoms with van der Waals surface area (Å²) in [6.07, 6.45) is -7.78. The van der Waals surface area contributed by atoms with Crippen molar-refractivity contribution < 1.29 is 57.8 Å². The van der Waals surface area contributed by atoms with E-state index in [4.69, 9.17) is 9.47 Å². The van der Waals surface area contributed by atoms with E-state index < -0.39 is 117 Å². The van der Waals surface area contributed by atoms with Crippen molar-refractivity contribution in [3.8, 4) is 5.75 Å². The van der Waals surface area contributed by atoms with Crippen molar-refractivity contribution in [2.75, 3.05) is 24.7 Å². The average Bonchev–Trinajstić information content (AvgIpc) is 3.68. The van der Waals surface area contributed by atoms with Crippen LogP contribution in [0.1, 0.15) is 70.8 Å². The smallest absolute Gasteiger partial charge is 0.420 e. The summed E-state index contributed by atoms with van der Waals surface area (Å²) in [5, 5.41) is 0. The topological polar surface area (TPSA) is 72.9 Å². The van der Waals surface area contributed by atoms with E-state index >= 15 is 4.39 Å². The second kappa shape index (κ2) is 11.3. The third kappa shape index (κ3) is 6.91. The van der Waals surface area contributed by atoms with Gasteiger partial charge in [0, 0.05) is 43.8 Å². The molecule has 0 radical (unpaired) electrons. The van der Waals surface area contributed by atoms with Crippen LogP contribution in [0.25, 0.3) is 0 Å². The molecule has 1 aromatic carbocycles. The summed E-state index contributed by atoms with van der Waals surface area (Å²) in [7, 11) is -5.06. The zero-order chi connectivity index (χ0) is 31.3. The van der Waals surface area contributed by atoms with Gasteiger partial charge in [-0.15, -0.1) is 0 Å². The highest BCUT2D eigenvalue weighted by Gasteiger charge is 2.53. The van der Waals surface area contributed by atoms with E-state index in [0.29, 0.717) is 19.1 Å². The number of halogens is 8. The fraction of sp³-hybridized carbons (Fsp3) is 0.741. The summed E-state index contributed by atoms with van der Waals surface area (Å²) >= 11 is 0. The summed E-state index contributed by atoms with van der Waals surface area (Å²) in [5.74, 6) is -9.52. The molecule has 0 amide bonds. The van der Waals surface area contributed by atoms with Gasteiger partial charge in [0.1, 0.15) is 17.8 Å². The van der Waals surface area contributed by atoms with E-state index in [2.05, 4.69) is 0 Å². The first-order valence-electron chi connectivity index (χ1n) is 13.8. The number of carbonyl (C=O) groups is 1. The van der Waals surface area contributed by atoms with E-state index in [0.717, 1.165) is 4.90 Å². The van der Waals surface area contributed by atoms with Gasteiger partial charge >= 0.3 is 12.1 Å². The second-order valence-electron chi connectivity index (χ2n) is 11.6. The number of carbonyl (C=O) groups excluding carboxylic acids is 1. The molecule has 0 aromatic heterocycles. The van der Waals surface area contributed by atoms with Crippen LogP contribution < -0.4 is 9.64 Å². The Morgan fingerprint density at radius 2 is 1.69 bits per heavy atom. The number of nitrogens with zero attached hydrogens (tertiary/aromatic N) is 1. The zero-order valence-electron chi connectivity index (χ0n) is 23.1. The molecule has 1 aromatic rings. The van der Waals surface area contributed by atoms with Crippen molar-refractivity contribution >= 4 is 21.5 Å². The molecular formula is C27H33F8NO5S. The molecule has 0 saturated heterocycles. The predicted octanol–water partition coefficient (Wildman–Crippen LogP) is 6.95. The van der Waals surface area contributed by atoms with Crippen LogP contribution in [0.15, 0.2) is 17.0 Å². The number of rotatable bonds is 9. The Kier molecular flexibility index (Phi) is 8.78. The molecule has 42 heavy (non-hydrogen) atoms. The minimum Gasteiger partial charge on any atom is -0.492 e. The Hall–Kier alpha value is -2.32. The number of ether oxygens (including phenoxy) is 2. The number of hydrogen-bond acceptors (Lipinski definition) is 6. The molecule has 2 saturated carbocycles. The maximum Gasteiger partial charge on any atom is 0.420 e. The van der Waals surface area contributed by atoms with Gasteiger partial charge in [-0.05, 0) is 52.0 Å².